The van der Waals surface area contributed by atoms with Crippen LogP contribution < -0.4 is 10.0 Å². The van der Waals surface area contributed by atoms with Crippen molar-refractivity contribution in [2.75, 3.05) is 27.7 Å². The van der Waals surface area contributed by atoms with Crippen molar-refractivity contribution in [3.8, 4) is 0 Å². The fourth-order valence-electron chi connectivity index (χ4n) is 2.53. The molecule has 0 radical (unpaired) electrons. The highest BCUT2D eigenvalue weighted by atomic mass is 127. The van der Waals surface area contributed by atoms with Crippen molar-refractivity contribution in [2.24, 2.45) is 4.99 Å². The minimum Gasteiger partial charge on any atom is -0.352 e. The van der Waals surface area contributed by atoms with E-state index < -0.39 is 10.0 Å². The number of nitrogens with one attached hydrogen (secondary N) is 2. The van der Waals surface area contributed by atoms with Crippen molar-refractivity contribution in [1.29, 1.82) is 0 Å². The second kappa shape index (κ2) is 14.0. The average molecular weight is 508 g/mol. The molecule has 0 aromatic heterocycles. The maximum absolute atomic E-state index is 11.6. The van der Waals surface area contributed by atoms with Gasteiger partial charge in [0.05, 0.1) is 5.75 Å². The molecule has 27 heavy (non-hydrogen) atoms. The molecule has 2 N–H and O–H groups in total. The van der Waals surface area contributed by atoms with E-state index in [1.54, 1.807) is 7.05 Å². The van der Waals surface area contributed by atoms with E-state index in [0.717, 1.165) is 36.5 Å². The van der Waals surface area contributed by atoms with Crippen LogP contribution in [0.2, 0.25) is 0 Å². The van der Waals surface area contributed by atoms with Gasteiger partial charge in [0.2, 0.25) is 10.0 Å². The third-order valence-electron chi connectivity index (χ3n) is 4.12. The Labute approximate surface area is 181 Å². The number of sulfonamides is 1. The predicted molar refractivity (Wildman–Crippen MR) is 125 cm³/mol. The Morgan fingerprint density at radius 3 is 2.37 bits per heavy atom. The lowest BCUT2D eigenvalue weighted by Gasteiger charge is -2.22. The summed E-state index contributed by atoms with van der Waals surface area (Å²) in [6, 6.07) is 7.57. The highest BCUT2D eigenvalue weighted by Gasteiger charge is 2.09. The topological polar surface area (TPSA) is 73.8 Å². The van der Waals surface area contributed by atoms with Crippen LogP contribution >= 0.6 is 24.0 Å². The van der Waals surface area contributed by atoms with E-state index in [-0.39, 0.29) is 29.7 Å². The van der Waals surface area contributed by atoms with Crippen molar-refractivity contribution >= 4 is 40.0 Å². The normalized spacial score (nSPS) is 11.6. The number of nitrogens with zero attached hydrogens (tertiary/aromatic N) is 2. The number of halogens is 1. The summed E-state index contributed by atoms with van der Waals surface area (Å²) in [6.45, 7) is 5.34. The number of benzene rings is 1. The molecule has 0 atom stereocenters. The van der Waals surface area contributed by atoms with Crippen LogP contribution in [0.3, 0.4) is 0 Å². The van der Waals surface area contributed by atoms with Gasteiger partial charge in [0.15, 0.2) is 5.96 Å². The summed E-state index contributed by atoms with van der Waals surface area (Å²) in [5, 5.41) is 3.35. The summed E-state index contributed by atoms with van der Waals surface area (Å²) in [5.41, 5.74) is 1.85. The fraction of sp³-hybridized carbons (Fsp3) is 0.526. The van der Waals surface area contributed by atoms with E-state index in [9.17, 15) is 8.42 Å². The first-order chi connectivity index (χ1) is 12.4. The largest absolute Gasteiger partial charge is 0.352 e. The Kier molecular flexibility index (Phi) is 13.4. The van der Waals surface area contributed by atoms with Gasteiger partial charge in [0.25, 0.3) is 0 Å². The molecule has 8 heteroatoms. The molecule has 0 amide bonds. The third-order valence-corrected chi connectivity index (χ3v) is 5.45. The van der Waals surface area contributed by atoms with Gasteiger partial charge in [-0.15, -0.1) is 30.6 Å². The highest BCUT2D eigenvalue weighted by molar-refractivity contribution is 14.0. The number of allylic oxidation sites excluding steroid dienone is 1. The Bertz CT molecular complexity index is 675. The van der Waals surface area contributed by atoms with Crippen LogP contribution in [0.4, 0.5) is 0 Å². The standard InChI is InChI=1S/C19H32N4O2S.HI/c1-5-6-7-8-9-14-23(4)19(20-2)22-15-17-10-12-18(13-11-17)16-26(24,25)21-3;/h5,10-13,21H,1,6-9,14-16H2,2-4H3,(H,20,22);1H. The lowest BCUT2D eigenvalue weighted by Crippen LogP contribution is -2.39. The smallest absolute Gasteiger partial charge is 0.215 e. The van der Waals surface area contributed by atoms with Gasteiger partial charge in [-0.05, 0) is 37.4 Å². The van der Waals surface area contributed by atoms with Crippen molar-refractivity contribution < 1.29 is 8.42 Å². The van der Waals surface area contributed by atoms with E-state index in [2.05, 4.69) is 26.5 Å². The van der Waals surface area contributed by atoms with Gasteiger partial charge < -0.3 is 10.2 Å². The zero-order chi connectivity index (χ0) is 19.4. The number of hydrogen-bond donors (Lipinski definition) is 2. The maximum atomic E-state index is 11.6. The Morgan fingerprint density at radius 2 is 1.81 bits per heavy atom. The van der Waals surface area contributed by atoms with Crippen molar-refractivity contribution in [3.63, 3.8) is 0 Å². The summed E-state index contributed by atoms with van der Waals surface area (Å²) in [6.07, 6.45) is 6.52. The number of rotatable bonds is 11. The minimum atomic E-state index is -3.24. The second-order valence-electron chi connectivity index (χ2n) is 6.24. The van der Waals surface area contributed by atoms with E-state index in [4.69, 9.17) is 0 Å². The molecule has 0 aliphatic carbocycles. The maximum Gasteiger partial charge on any atom is 0.215 e. The van der Waals surface area contributed by atoms with Crippen molar-refractivity contribution in [2.45, 2.75) is 38.0 Å². The van der Waals surface area contributed by atoms with Gasteiger partial charge in [0, 0.05) is 27.2 Å². The van der Waals surface area contributed by atoms with E-state index in [0.29, 0.717) is 6.54 Å². The molecule has 1 aromatic carbocycles. The molecule has 154 valence electrons. The number of aliphatic imine (C=N–C) groups is 1. The monoisotopic (exact) mass is 508 g/mol. The SMILES string of the molecule is C=CCCCCCN(C)C(=NC)NCc1ccc(CS(=O)(=O)NC)cc1.I. The molecule has 0 bridgehead atoms. The molecule has 0 unspecified atom stereocenters. The van der Waals surface area contributed by atoms with Gasteiger partial charge in [-0.3, -0.25) is 4.99 Å². The van der Waals surface area contributed by atoms with Crippen LogP contribution in [0.25, 0.3) is 0 Å². The second-order valence-corrected chi connectivity index (χ2v) is 8.17. The molecule has 0 aliphatic heterocycles. The summed E-state index contributed by atoms with van der Waals surface area (Å²) < 4.78 is 25.5. The van der Waals surface area contributed by atoms with E-state index >= 15 is 0 Å². The third kappa shape index (κ3) is 10.7. The highest BCUT2D eigenvalue weighted by Crippen LogP contribution is 2.08. The van der Waals surface area contributed by atoms with Gasteiger partial charge in [-0.1, -0.05) is 36.8 Å². The lowest BCUT2D eigenvalue weighted by molar-refractivity contribution is 0.455. The van der Waals surface area contributed by atoms with Crippen molar-refractivity contribution in [1.82, 2.24) is 14.9 Å². The summed E-state index contributed by atoms with van der Waals surface area (Å²) in [7, 11) is 2.00. The first kappa shape index (κ1) is 25.9. The molecule has 6 nitrogen and oxygen atoms in total. The van der Waals surface area contributed by atoms with Crippen LogP contribution in [0.1, 0.15) is 36.8 Å². The molecular formula is C19H33IN4O2S. The zero-order valence-electron chi connectivity index (χ0n) is 16.6. The van der Waals surface area contributed by atoms with Crippen LogP contribution in [0.15, 0.2) is 41.9 Å². The molecule has 1 aromatic rings. The molecule has 0 aliphatic rings. The molecule has 0 spiro atoms. The lowest BCUT2D eigenvalue weighted by atomic mass is 10.1. The van der Waals surface area contributed by atoms with Crippen LogP contribution in [-0.4, -0.2) is 47.0 Å². The molecule has 0 saturated carbocycles. The number of hydrogen-bond acceptors (Lipinski definition) is 3. The predicted octanol–water partition coefficient (Wildman–Crippen LogP) is 3.11. The molecule has 0 saturated heterocycles. The summed E-state index contributed by atoms with van der Waals surface area (Å²) in [5.74, 6) is 0.851. The summed E-state index contributed by atoms with van der Waals surface area (Å²) in [4.78, 5) is 6.45. The Balaban J connectivity index is 0.00000676. The quantitative estimate of drug-likeness (QED) is 0.158. The Hall–Kier alpha value is -1.13. The molecule has 0 fully saturated rings. The average Bonchev–Trinajstić information content (AvgIpc) is 2.63. The van der Waals surface area contributed by atoms with Crippen molar-refractivity contribution in [3.05, 3.63) is 48.0 Å². The number of unbranched alkanes of at least 4 members (excludes halogenated alkanes) is 3. The van der Waals surface area contributed by atoms with Crippen LogP contribution in [-0.2, 0) is 22.3 Å². The molecule has 0 heterocycles. The Morgan fingerprint density at radius 1 is 1.19 bits per heavy atom. The van der Waals surface area contributed by atoms with Crippen LogP contribution in [0.5, 0.6) is 0 Å². The first-order valence-corrected chi connectivity index (χ1v) is 10.6. The van der Waals surface area contributed by atoms with Gasteiger partial charge >= 0.3 is 0 Å². The number of guanidine groups is 1. The van der Waals surface area contributed by atoms with Crippen LogP contribution in [0, 0.1) is 0 Å². The van der Waals surface area contributed by atoms with E-state index in [1.807, 2.05) is 37.4 Å². The zero-order valence-corrected chi connectivity index (χ0v) is 19.7. The molecule has 1 rings (SSSR count). The van der Waals surface area contributed by atoms with Gasteiger partial charge in [-0.2, -0.15) is 0 Å². The fourth-order valence-corrected chi connectivity index (χ4v) is 3.31. The molecular weight excluding hydrogens is 475 g/mol. The van der Waals surface area contributed by atoms with Gasteiger partial charge in [-0.25, -0.2) is 13.1 Å². The first-order valence-electron chi connectivity index (χ1n) is 8.93. The van der Waals surface area contributed by atoms with E-state index in [1.165, 1.54) is 19.9 Å². The minimum absolute atomic E-state index is 0. The van der Waals surface area contributed by atoms with Gasteiger partial charge in [0.1, 0.15) is 0 Å². The summed E-state index contributed by atoms with van der Waals surface area (Å²) >= 11 is 0.